The number of hydrogen-bond donors (Lipinski definition) is 1. The highest BCUT2D eigenvalue weighted by Gasteiger charge is 2.33. The van der Waals surface area contributed by atoms with Gasteiger partial charge in [-0.25, -0.2) is 0 Å². The van der Waals surface area contributed by atoms with Crippen LogP contribution >= 0.6 is 0 Å². The van der Waals surface area contributed by atoms with E-state index in [2.05, 4.69) is 5.32 Å². The molecule has 0 atom stereocenters. The van der Waals surface area contributed by atoms with Crippen LogP contribution in [0.5, 0.6) is 0 Å². The van der Waals surface area contributed by atoms with Gasteiger partial charge in [0.25, 0.3) is 10.2 Å². The Bertz CT molecular complexity index is 440. The zero-order valence-electron chi connectivity index (χ0n) is 12.8. The fraction of sp³-hybridized carbons (Fsp3) is 0.923. The van der Waals surface area contributed by atoms with Crippen LogP contribution in [0.25, 0.3) is 0 Å². The molecular formula is C13H26N4O3S. The van der Waals surface area contributed by atoms with Crippen molar-refractivity contribution in [2.75, 3.05) is 52.4 Å². The van der Waals surface area contributed by atoms with Gasteiger partial charge in [-0.15, -0.1) is 0 Å². The van der Waals surface area contributed by atoms with Crippen molar-refractivity contribution in [2.24, 2.45) is 0 Å². The van der Waals surface area contributed by atoms with Crippen LogP contribution in [0, 0.1) is 0 Å². The van der Waals surface area contributed by atoms with E-state index >= 15 is 0 Å². The van der Waals surface area contributed by atoms with E-state index < -0.39 is 10.2 Å². The highest BCUT2D eigenvalue weighted by Crippen LogP contribution is 2.17. The Balaban J connectivity index is 1.84. The van der Waals surface area contributed by atoms with Crippen molar-refractivity contribution in [3.05, 3.63) is 0 Å². The van der Waals surface area contributed by atoms with Crippen LogP contribution in [0.1, 0.15) is 26.2 Å². The molecule has 0 saturated carbocycles. The predicted octanol–water partition coefficient (Wildman–Crippen LogP) is -0.529. The summed E-state index contributed by atoms with van der Waals surface area (Å²) < 4.78 is 28.2. The normalized spacial score (nSPS) is 23.1. The van der Waals surface area contributed by atoms with Crippen LogP contribution in [0.2, 0.25) is 0 Å². The Hall–Kier alpha value is -0.700. The first-order chi connectivity index (χ1) is 10.0. The van der Waals surface area contributed by atoms with Gasteiger partial charge in [-0.2, -0.15) is 17.0 Å². The lowest BCUT2D eigenvalue weighted by Crippen LogP contribution is -2.55. The number of nitrogens with zero attached hydrogens (tertiary/aromatic N) is 3. The molecule has 8 heteroatoms. The van der Waals surface area contributed by atoms with Gasteiger partial charge in [-0.3, -0.25) is 9.69 Å². The second kappa shape index (κ2) is 7.53. The van der Waals surface area contributed by atoms with Crippen LogP contribution in [-0.4, -0.2) is 80.2 Å². The third kappa shape index (κ3) is 4.38. The summed E-state index contributed by atoms with van der Waals surface area (Å²) in [4.78, 5) is 13.6. The molecule has 0 spiro atoms. The van der Waals surface area contributed by atoms with E-state index in [1.165, 1.54) is 0 Å². The Morgan fingerprint density at radius 1 is 0.952 bits per heavy atom. The maximum atomic E-state index is 12.5. The summed E-state index contributed by atoms with van der Waals surface area (Å²) in [6.07, 6.45) is 3.03. The number of nitrogens with one attached hydrogen (secondary N) is 1. The molecular weight excluding hydrogens is 292 g/mol. The van der Waals surface area contributed by atoms with Crippen LogP contribution in [0.4, 0.5) is 0 Å². The second-order valence-corrected chi connectivity index (χ2v) is 7.52. The van der Waals surface area contributed by atoms with Gasteiger partial charge in [0.2, 0.25) is 5.91 Å². The van der Waals surface area contributed by atoms with Crippen molar-refractivity contribution in [1.82, 2.24) is 18.8 Å². The van der Waals surface area contributed by atoms with Crippen molar-refractivity contribution < 1.29 is 13.2 Å². The highest BCUT2D eigenvalue weighted by atomic mass is 32.2. The van der Waals surface area contributed by atoms with Crippen LogP contribution in [-0.2, 0) is 15.0 Å². The summed E-state index contributed by atoms with van der Waals surface area (Å²) in [7, 11) is -3.31. The van der Waals surface area contributed by atoms with Gasteiger partial charge < -0.3 is 5.32 Å². The molecule has 0 unspecified atom stereocenters. The molecule has 2 fully saturated rings. The van der Waals surface area contributed by atoms with Crippen molar-refractivity contribution in [3.8, 4) is 0 Å². The topological polar surface area (TPSA) is 73.0 Å². The number of piperidine rings is 1. The van der Waals surface area contributed by atoms with Crippen LogP contribution < -0.4 is 5.32 Å². The lowest BCUT2D eigenvalue weighted by molar-refractivity contribution is -0.122. The zero-order valence-corrected chi connectivity index (χ0v) is 13.6. The predicted molar refractivity (Wildman–Crippen MR) is 81.0 cm³/mol. The number of carbonyl (C=O) groups is 1. The van der Waals surface area contributed by atoms with Crippen LogP contribution in [0.15, 0.2) is 0 Å². The summed E-state index contributed by atoms with van der Waals surface area (Å²) in [5.41, 5.74) is 0. The van der Waals surface area contributed by atoms with E-state index in [4.69, 9.17) is 0 Å². The molecule has 0 radical (unpaired) electrons. The van der Waals surface area contributed by atoms with Gasteiger partial charge >= 0.3 is 0 Å². The quantitative estimate of drug-likeness (QED) is 0.740. The molecule has 2 rings (SSSR count). The van der Waals surface area contributed by atoms with Crippen molar-refractivity contribution in [3.63, 3.8) is 0 Å². The lowest BCUT2D eigenvalue weighted by Gasteiger charge is -2.37. The third-order valence-electron chi connectivity index (χ3n) is 4.04. The van der Waals surface area contributed by atoms with E-state index in [1.54, 1.807) is 8.61 Å². The first-order valence-electron chi connectivity index (χ1n) is 7.78. The second-order valence-electron chi connectivity index (χ2n) is 5.60. The zero-order chi connectivity index (χ0) is 15.3. The van der Waals surface area contributed by atoms with Crippen molar-refractivity contribution in [1.29, 1.82) is 0 Å². The maximum absolute atomic E-state index is 12.5. The Morgan fingerprint density at radius 3 is 2.10 bits per heavy atom. The van der Waals surface area contributed by atoms with E-state index in [1.807, 2.05) is 11.8 Å². The summed E-state index contributed by atoms with van der Waals surface area (Å²) in [6, 6.07) is 0. The molecule has 7 nitrogen and oxygen atoms in total. The molecule has 0 aromatic carbocycles. The molecule has 1 N–H and O–H groups in total. The summed E-state index contributed by atoms with van der Waals surface area (Å²) in [5, 5.41) is 2.77. The highest BCUT2D eigenvalue weighted by molar-refractivity contribution is 7.86. The molecule has 0 aromatic rings. The average molecular weight is 318 g/mol. The van der Waals surface area contributed by atoms with Crippen molar-refractivity contribution in [2.45, 2.75) is 26.2 Å². The standard InChI is InChI=1S/C13H26N4O3S/c1-2-14-13(18)12-15-8-10-17(11-9-15)21(19,20)16-6-4-3-5-7-16/h2-12H2,1H3,(H,14,18). The maximum Gasteiger partial charge on any atom is 0.282 e. The van der Waals surface area contributed by atoms with Gasteiger partial charge in [0.05, 0.1) is 6.54 Å². The minimum absolute atomic E-state index is 0.00448. The molecule has 21 heavy (non-hydrogen) atoms. The lowest BCUT2D eigenvalue weighted by atomic mass is 10.2. The SMILES string of the molecule is CCNC(=O)CN1CCN(S(=O)(=O)N2CCCCC2)CC1. The molecule has 0 aromatic heterocycles. The fourth-order valence-corrected chi connectivity index (χ4v) is 4.50. The third-order valence-corrected chi connectivity index (χ3v) is 6.08. The smallest absolute Gasteiger partial charge is 0.282 e. The number of amides is 1. The Kier molecular flexibility index (Phi) is 5.98. The molecule has 122 valence electrons. The number of carbonyl (C=O) groups excluding carboxylic acids is 1. The summed E-state index contributed by atoms with van der Waals surface area (Å²) in [6.45, 7) is 6.32. The number of rotatable bonds is 5. The van der Waals surface area contributed by atoms with Crippen molar-refractivity contribution >= 4 is 16.1 Å². The molecule has 2 aliphatic rings. The van der Waals surface area contributed by atoms with Gasteiger partial charge in [0.1, 0.15) is 0 Å². The minimum atomic E-state index is -3.31. The molecule has 2 saturated heterocycles. The summed E-state index contributed by atoms with van der Waals surface area (Å²) in [5.74, 6) is 0.00448. The first kappa shape index (κ1) is 16.7. The van der Waals surface area contributed by atoms with E-state index in [0.717, 1.165) is 19.3 Å². The molecule has 2 aliphatic heterocycles. The van der Waals surface area contributed by atoms with Gasteiger partial charge in [-0.05, 0) is 19.8 Å². The fourth-order valence-electron chi connectivity index (χ4n) is 2.83. The Labute approximate surface area is 127 Å². The van der Waals surface area contributed by atoms with E-state index in [9.17, 15) is 13.2 Å². The summed E-state index contributed by atoms with van der Waals surface area (Å²) >= 11 is 0. The Morgan fingerprint density at radius 2 is 1.52 bits per heavy atom. The average Bonchev–Trinajstić information content (AvgIpc) is 2.49. The molecule has 0 bridgehead atoms. The number of hydrogen-bond acceptors (Lipinski definition) is 4. The monoisotopic (exact) mass is 318 g/mol. The minimum Gasteiger partial charge on any atom is -0.355 e. The van der Waals surface area contributed by atoms with E-state index in [-0.39, 0.29) is 5.91 Å². The van der Waals surface area contributed by atoms with Crippen LogP contribution in [0.3, 0.4) is 0 Å². The van der Waals surface area contributed by atoms with Gasteiger partial charge in [-0.1, -0.05) is 6.42 Å². The molecule has 2 heterocycles. The van der Waals surface area contributed by atoms with Gasteiger partial charge in [0.15, 0.2) is 0 Å². The molecule has 1 amide bonds. The molecule has 0 aliphatic carbocycles. The number of likely N-dealkylation sites (N-methyl/N-ethyl adjacent to an activating group) is 1. The number of piperazine rings is 1. The van der Waals surface area contributed by atoms with E-state index in [0.29, 0.717) is 52.4 Å². The largest absolute Gasteiger partial charge is 0.355 e. The first-order valence-corrected chi connectivity index (χ1v) is 9.18. The van der Waals surface area contributed by atoms with Gasteiger partial charge in [0, 0.05) is 45.8 Å².